The number of hydrogen-bond donors (Lipinski definition) is 4. The van der Waals surface area contributed by atoms with Crippen molar-refractivity contribution >= 4 is 40.6 Å². The Morgan fingerprint density at radius 2 is 1.30 bits per heavy atom. The van der Waals surface area contributed by atoms with Crippen LogP contribution in [0, 0.1) is 0 Å². The van der Waals surface area contributed by atoms with Crippen molar-refractivity contribution in [2.24, 2.45) is 0 Å². The third-order valence-electron chi connectivity index (χ3n) is 7.12. The fourth-order valence-electron chi connectivity index (χ4n) is 4.68. The Hall–Kier alpha value is -5.36. The minimum absolute atomic E-state index is 0.0292. The molecule has 1 amide bonds. The monoisotopic (exact) mass is 634 g/mol. The molecule has 4 aromatic rings. The standard InChI is InChI=1S/C34H33F3N4O5/c1-38-30(18-21-9-5-4-6-10-21)31(42)39-20-22-13-15-27(25(17-22)33(44)46-3)41-29-19-23(34(35,36)37)14-16-28(29)40-26-12-8-7-11-24(26)32(43)45-2/h4-17,19,30,38,40-41H,18,20H2,1-3H3,(H,39,42)/t30-/m0/s1. The molecular weight excluding hydrogens is 601 g/mol. The number of benzene rings is 4. The van der Waals surface area contributed by atoms with Crippen molar-refractivity contribution in [3.63, 3.8) is 0 Å². The molecule has 46 heavy (non-hydrogen) atoms. The molecule has 0 saturated carbocycles. The number of carbonyl (C=O) groups excluding carboxylic acids is 3. The van der Waals surface area contributed by atoms with Gasteiger partial charge in [-0.2, -0.15) is 13.2 Å². The first-order valence-electron chi connectivity index (χ1n) is 14.2. The number of anilines is 4. The molecule has 0 aliphatic heterocycles. The minimum Gasteiger partial charge on any atom is -0.465 e. The molecule has 0 aliphatic carbocycles. The van der Waals surface area contributed by atoms with Gasteiger partial charge >= 0.3 is 18.1 Å². The van der Waals surface area contributed by atoms with E-state index in [4.69, 9.17) is 9.47 Å². The molecule has 240 valence electrons. The van der Waals surface area contributed by atoms with E-state index in [2.05, 4.69) is 21.3 Å². The van der Waals surface area contributed by atoms with Gasteiger partial charge in [0.2, 0.25) is 5.91 Å². The quantitative estimate of drug-likeness (QED) is 0.136. The first kappa shape index (κ1) is 33.5. The lowest BCUT2D eigenvalue weighted by Gasteiger charge is -2.20. The number of rotatable bonds is 12. The summed E-state index contributed by atoms with van der Waals surface area (Å²) in [5.74, 6) is -1.63. The Balaban J connectivity index is 1.62. The van der Waals surface area contributed by atoms with Crippen LogP contribution in [-0.2, 0) is 33.4 Å². The number of alkyl halides is 3. The topological polar surface area (TPSA) is 118 Å². The summed E-state index contributed by atoms with van der Waals surface area (Å²) in [6.45, 7) is 0.0801. The van der Waals surface area contributed by atoms with Crippen molar-refractivity contribution < 1.29 is 37.0 Å². The van der Waals surface area contributed by atoms with Crippen molar-refractivity contribution in [3.05, 3.63) is 119 Å². The Labute approximate surface area is 264 Å². The highest BCUT2D eigenvalue weighted by atomic mass is 19.4. The first-order chi connectivity index (χ1) is 22.0. The normalized spacial score (nSPS) is 11.7. The number of ether oxygens (including phenoxy) is 2. The zero-order valence-electron chi connectivity index (χ0n) is 25.3. The Morgan fingerprint density at radius 1 is 0.696 bits per heavy atom. The molecule has 0 radical (unpaired) electrons. The Morgan fingerprint density at radius 3 is 1.98 bits per heavy atom. The second-order valence-electron chi connectivity index (χ2n) is 10.2. The molecule has 0 spiro atoms. The summed E-state index contributed by atoms with van der Waals surface area (Å²) in [5, 5.41) is 11.8. The van der Waals surface area contributed by atoms with Crippen molar-refractivity contribution in [1.82, 2.24) is 10.6 Å². The van der Waals surface area contributed by atoms with Crippen molar-refractivity contribution in [3.8, 4) is 0 Å². The van der Waals surface area contributed by atoms with E-state index in [1.807, 2.05) is 30.3 Å². The van der Waals surface area contributed by atoms with Crippen LogP contribution in [0.1, 0.15) is 37.4 Å². The van der Waals surface area contributed by atoms with Gasteiger partial charge in [-0.25, -0.2) is 9.59 Å². The smallest absolute Gasteiger partial charge is 0.416 e. The third-order valence-corrected chi connectivity index (χ3v) is 7.12. The van der Waals surface area contributed by atoms with E-state index in [1.54, 1.807) is 31.3 Å². The highest BCUT2D eigenvalue weighted by Gasteiger charge is 2.31. The molecular formula is C34H33F3N4O5. The summed E-state index contributed by atoms with van der Waals surface area (Å²) in [5.41, 5.74) is 1.41. The van der Waals surface area contributed by atoms with Gasteiger partial charge in [-0.05, 0) is 67.1 Å². The van der Waals surface area contributed by atoms with Crippen molar-refractivity contribution in [1.29, 1.82) is 0 Å². The van der Waals surface area contributed by atoms with Gasteiger partial charge in [-0.1, -0.05) is 48.5 Å². The van der Waals surface area contributed by atoms with Crippen LogP contribution in [0.4, 0.5) is 35.9 Å². The lowest BCUT2D eigenvalue weighted by Crippen LogP contribution is -2.43. The second-order valence-corrected chi connectivity index (χ2v) is 10.2. The molecule has 4 rings (SSSR count). The molecule has 0 saturated heterocycles. The van der Waals surface area contributed by atoms with E-state index < -0.39 is 29.7 Å². The molecule has 1 atom stereocenters. The number of amides is 1. The molecule has 4 aromatic carbocycles. The van der Waals surface area contributed by atoms with E-state index in [0.717, 1.165) is 17.7 Å². The Kier molecular flexibility index (Phi) is 11.0. The highest BCUT2D eigenvalue weighted by molar-refractivity contribution is 5.99. The number of hydrogen-bond acceptors (Lipinski definition) is 8. The van der Waals surface area contributed by atoms with Crippen LogP contribution in [0.2, 0.25) is 0 Å². The van der Waals surface area contributed by atoms with Crippen LogP contribution in [-0.4, -0.2) is 45.2 Å². The first-order valence-corrected chi connectivity index (χ1v) is 14.2. The van der Waals surface area contributed by atoms with Gasteiger partial charge in [0.25, 0.3) is 0 Å². The van der Waals surface area contributed by atoms with Crippen LogP contribution in [0.25, 0.3) is 0 Å². The fourth-order valence-corrected chi connectivity index (χ4v) is 4.68. The molecule has 9 nitrogen and oxygen atoms in total. The molecule has 0 aliphatic rings. The minimum atomic E-state index is -4.65. The SMILES string of the molecule is CN[C@@H](Cc1ccccc1)C(=O)NCc1ccc(Nc2cc(C(F)(F)F)ccc2Nc2ccccc2C(=O)OC)c(C(=O)OC)c1. The van der Waals surface area contributed by atoms with Gasteiger partial charge in [-0.3, -0.25) is 4.79 Å². The van der Waals surface area contributed by atoms with Crippen LogP contribution in [0.3, 0.4) is 0 Å². The molecule has 0 unspecified atom stereocenters. The van der Waals surface area contributed by atoms with Gasteiger partial charge < -0.3 is 30.7 Å². The van der Waals surface area contributed by atoms with Gasteiger partial charge in [0.1, 0.15) is 0 Å². The molecule has 0 heterocycles. The maximum atomic E-state index is 13.7. The van der Waals surface area contributed by atoms with Gasteiger partial charge in [0, 0.05) is 6.54 Å². The summed E-state index contributed by atoms with van der Waals surface area (Å²) in [4.78, 5) is 38.0. The number of para-hydroxylation sites is 1. The largest absolute Gasteiger partial charge is 0.465 e. The van der Waals surface area contributed by atoms with Crippen LogP contribution in [0.15, 0.2) is 91.0 Å². The predicted octanol–water partition coefficient (Wildman–Crippen LogP) is 6.21. The summed E-state index contributed by atoms with van der Waals surface area (Å²) in [7, 11) is 4.09. The molecule has 4 N–H and O–H groups in total. The van der Waals surface area contributed by atoms with Gasteiger partial charge in [-0.15, -0.1) is 0 Å². The lowest BCUT2D eigenvalue weighted by molar-refractivity contribution is -0.137. The van der Waals surface area contributed by atoms with E-state index in [-0.39, 0.29) is 40.6 Å². The van der Waals surface area contributed by atoms with Crippen molar-refractivity contribution in [2.45, 2.75) is 25.2 Å². The molecule has 0 fully saturated rings. The summed E-state index contributed by atoms with van der Waals surface area (Å²) in [6.07, 6.45) is -4.19. The number of methoxy groups -OCH3 is 2. The lowest BCUT2D eigenvalue weighted by atomic mass is 10.0. The van der Waals surface area contributed by atoms with E-state index in [0.29, 0.717) is 17.7 Å². The molecule has 12 heteroatoms. The molecule has 0 aromatic heterocycles. The Bertz CT molecular complexity index is 1700. The average Bonchev–Trinajstić information content (AvgIpc) is 3.06. The van der Waals surface area contributed by atoms with Crippen molar-refractivity contribution in [2.75, 3.05) is 31.9 Å². The maximum absolute atomic E-state index is 13.7. The fraction of sp³-hybridized carbons (Fsp3) is 0.206. The zero-order chi connectivity index (χ0) is 33.3. The zero-order valence-corrected chi connectivity index (χ0v) is 25.3. The summed E-state index contributed by atoms with van der Waals surface area (Å²) < 4.78 is 51.0. The number of carbonyl (C=O) groups is 3. The second kappa shape index (κ2) is 15.1. The average molecular weight is 635 g/mol. The van der Waals surface area contributed by atoms with E-state index in [1.165, 1.54) is 38.5 Å². The number of halogens is 3. The van der Waals surface area contributed by atoms with E-state index in [9.17, 15) is 27.6 Å². The number of esters is 2. The van der Waals surface area contributed by atoms with Crippen LogP contribution in [0.5, 0.6) is 0 Å². The summed E-state index contributed by atoms with van der Waals surface area (Å²) in [6, 6.07) is 23.0. The van der Waals surface area contributed by atoms with Crippen LogP contribution >= 0.6 is 0 Å². The van der Waals surface area contributed by atoms with E-state index >= 15 is 0 Å². The van der Waals surface area contributed by atoms with Gasteiger partial charge in [0.15, 0.2) is 0 Å². The number of likely N-dealkylation sites (N-methyl/N-ethyl adjacent to an activating group) is 1. The number of nitrogens with one attached hydrogen (secondary N) is 4. The highest BCUT2D eigenvalue weighted by Crippen LogP contribution is 2.37. The summed E-state index contributed by atoms with van der Waals surface area (Å²) >= 11 is 0. The molecule has 0 bridgehead atoms. The maximum Gasteiger partial charge on any atom is 0.416 e. The third kappa shape index (κ3) is 8.42. The van der Waals surface area contributed by atoms with Crippen LogP contribution < -0.4 is 21.3 Å². The predicted molar refractivity (Wildman–Crippen MR) is 168 cm³/mol. The van der Waals surface area contributed by atoms with Gasteiger partial charge in [0.05, 0.1) is 59.7 Å².